The number of primary amides is 1. The highest BCUT2D eigenvalue weighted by Crippen LogP contribution is 2.45. The highest BCUT2D eigenvalue weighted by molar-refractivity contribution is 8.00. The van der Waals surface area contributed by atoms with Crippen molar-refractivity contribution in [2.75, 3.05) is 57.1 Å². The van der Waals surface area contributed by atoms with Crippen LogP contribution in [0, 0.1) is 0 Å². The number of anilines is 2. The first-order valence-corrected chi connectivity index (χ1v) is 27.2. The Bertz CT molecular complexity index is 3320. The van der Waals surface area contributed by atoms with Gasteiger partial charge >= 0.3 is 48.1 Å². The highest BCUT2D eigenvalue weighted by atomic mass is 32.2. The van der Waals surface area contributed by atoms with E-state index < -0.39 is 112 Å². The molecule has 2 fully saturated rings. The molecule has 9 amide bonds. The predicted octanol–water partition coefficient (Wildman–Crippen LogP) is 6.58. The maximum atomic E-state index is 14.4. The van der Waals surface area contributed by atoms with Crippen molar-refractivity contribution >= 4 is 88.7 Å². The Morgan fingerprint density at radius 3 is 1.95 bits per heavy atom. The number of carbonyl (C=O) groups excluding carboxylic acids is 10. The second-order valence-electron chi connectivity index (χ2n) is 20.2. The number of nitrogens with zero attached hydrogens (tertiary/aromatic N) is 3. The number of imide groups is 1. The molecule has 8 rings (SSSR count). The van der Waals surface area contributed by atoms with Crippen LogP contribution in [0.15, 0.2) is 151 Å². The molecule has 2 saturated heterocycles. The van der Waals surface area contributed by atoms with Crippen molar-refractivity contribution in [2.24, 2.45) is 5.73 Å². The Morgan fingerprint density at radius 1 is 0.759 bits per heavy atom. The van der Waals surface area contributed by atoms with Gasteiger partial charge in [0.2, 0.25) is 11.8 Å². The molecule has 83 heavy (non-hydrogen) atoms. The first-order valence-electron chi connectivity index (χ1n) is 26.2. The van der Waals surface area contributed by atoms with Gasteiger partial charge in [-0.25, -0.2) is 38.2 Å². The summed E-state index contributed by atoms with van der Waals surface area (Å²) in [5.41, 5.74) is 4.46. The molecule has 24 heteroatoms. The SMILES string of the molecule is CC[N+]1(c2ccccc2NC(=O)OCC(C(=O)OC)(c2ccccc2)c2ccccc2NC(=O)OC(C)(C)C)CCN(C(=O)NCC(=O)NC2S[C@H]3CC(=O)N3C(C(=O)OC(c3ccccc3)c3ccccc3)=C2COC(N)=O)C(=O)C1=O. The lowest BCUT2D eigenvalue weighted by Crippen LogP contribution is -2.69. The van der Waals surface area contributed by atoms with Gasteiger partial charge in [0.25, 0.3) is 0 Å². The number of urea groups is 1. The molecule has 0 aliphatic carbocycles. The number of benzene rings is 5. The molecule has 4 atom stereocenters. The van der Waals surface area contributed by atoms with Gasteiger partial charge in [-0.2, -0.15) is 0 Å². The molecule has 3 aliphatic rings. The van der Waals surface area contributed by atoms with Crippen LogP contribution < -0.4 is 31.5 Å². The van der Waals surface area contributed by atoms with Gasteiger partial charge in [-0.3, -0.25) is 34.7 Å². The van der Waals surface area contributed by atoms with Gasteiger partial charge in [-0.05, 0) is 56.5 Å². The summed E-state index contributed by atoms with van der Waals surface area (Å²) in [6.45, 7) is 4.13. The van der Waals surface area contributed by atoms with Crippen LogP contribution in [0.4, 0.5) is 36.2 Å². The number of nitrogens with two attached hydrogens (primary N) is 1. The molecule has 6 N–H and O–H groups in total. The van der Waals surface area contributed by atoms with Crippen LogP contribution in [0.25, 0.3) is 0 Å². The lowest BCUT2D eigenvalue weighted by Gasteiger charge is -2.47. The molecule has 0 spiro atoms. The summed E-state index contributed by atoms with van der Waals surface area (Å²) in [5.74, 6) is -5.33. The zero-order valence-corrected chi connectivity index (χ0v) is 46.7. The molecule has 0 radical (unpaired) electrons. The lowest BCUT2D eigenvalue weighted by molar-refractivity contribution is -0.152. The molecule has 3 aliphatic heterocycles. The Hall–Kier alpha value is -9.55. The summed E-state index contributed by atoms with van der Waals surface area (Å²) in [4.78, 5) is 138. The average molecular weight is 1150 g/mol. The number of fused-ring (bicyclic) bond motifs is 1. The lowest BCUT2D eigenvalue weighted by atomic mass is 9.74. The van der Waals surface area contributed by atoms with Gasteiger partial charge in [0, 0.05) is 22.9 Å². The van der Waals surface area contributed by atoms with Crippen molar-refractivity contribution < 1.29 is 71.6 Å². The van der Waals surface area contributed by atoms with Crippen LogP contribution in [0.2, 0.25) is 0 Å². The first-order chi connectivity index (χ1) is 39.7. The number of rotatable bonds is 18. The number of esters is 2. The monoisotopic (exact) mass is 1150 g/mol. The van der Waals surface area contributed by atoms with E-state index in [-0.39, 0.29) is 60.0 Å². The Kier molecular flexibility index (Phi) is 18.3. The predicted molar refractivity (Wildman–Crippen MR) is 302 cm³/mol. The number of ether oxygens (including phenoxy) is 5. The molecule has 3 unspecified atom stereocenters. The number of amides is 9. The Balaban J connectivity index is 0.963. The van der Waals surface area contributed by atoms with Crippen LogP contribution >= 0.6 is 11.8 Å². The second kappa shape index (κ2) is 25.5. The molecule has 3 heterocycles. The summed E-state index contributed by atoms with van der Waals surface area (Å²) in [5, 5.41) is 8.68. The van der Waals surface area contributed by atoms with E-state index in [0.29, 0.717) is 21.6 Å². The van der Waals surface area contributed by atoms with E-state index in [9.17, 15) is 47.9 Å². The standard InChI is InChI=1S/C59H60N8O15S/c1-6-67(43-29-19-18-28-42(43)63-56(76)80-35-59(53(73)78-5,38-24-14-9-15-25-38)40-26-16-17-27-41(40)62-57(77)82-58(2,3)4)31-30-65(50(70)51(67)71)55(75)61-33-44(68)64-49-39(34-79-54(60)74)47(66-45(69)32-46(66)83-49)52(72)81-48(36-20-10-7-11-21-36)37-22-12-8-13-23-37/h7-29,46,48-49H,6,30-35H2,1-5H3,(H5-,60,61,62,63,64,68,74,75,76,77)/p+1/t46-,49?,59?,67?/m0/s1. The van der Waals surface area contributed by atoms with Crippen LogP contribution in [-0.2, 0) is 57.9 Å². The summed E-state index contributed by atoms with van der Waals surface area (Å²) < 4.78 is 27.3. The number of hydrogen-bond acceptors (Lipinski definition) is 16. The Labute approximate surface area is 481 Å². The molecular weight excluding hydrogens is 1090 g/mol. The van der Waals surface area contributed by atoms with Gasteiger partial charge in [-0.15, -0.1) is 11.8 Å². The fourth-order valence-corrected chi connectivity index (χ4v) is 11.4. The maximum absolute atomic E-state index is 14.4. The van der Waals surface area contributed by atoms with Crippen LogP contribution in [-0.4, -0.2) is 133 Å². The fourth-order valence-electron chi connectivity index (χ4n) is 9.94. The third kappa shape index (κ3) is 13.0. The molecule has 0 aromatic heterocycles. The second-order valence-corrected chi connectivity index (χ2v) is 21.5. The number of nitrogens with one attached hydrogen (secondary N) is 4. The number of likely N-dealkylation sites (N-methyl/N-ethyl adjacent to an activating group) is 1. The largest absolute Gasteiger partial charge is 0.468 e. The third-order valence-corrected chi connectivity index (χ3v) is 15.3. The zero-order chi connectivity index (χ0) is 59.6. The average Bonchev–Trinajstić information content (AvgIpc) is 3.54. The van der Waals surface area contributed by atoms with Crippen molar-refractivity contribution in [1.82, 2.24) is 24.9 Å². The number of quaternary nitrogens is 1. The number of carbonyl (C=O) groups is 10. The number of methoxy groups -OCH3 is 1. The number of para-hydroxylation sites is 3. The number of thioether (sulfide) groups is 1. The molecule has 432 valence electrons. The first kappa shape index (κ1) is 59.6. The van der Waals surface area contributed by atoms with Crippen LogP contribution in [0.5, 0.6) is 0 Å². The van der Waals surface area contributed by atoms with Crippen molar-refractivity contribution in [1.29, 1.82) is 0 Å². The van der Waals surface area contributed by atoms with Crippen molar-refractivity contribution in [3.8, 4) is 0 Å². The third-order valence-electron chi connectivity index (χ3n) is 13.9. The minimum Gasteiger partial charge on any atom is -0.468 e. The maximum Gasteiger partial charge on any atom is 0.412 e. The van der Waals surface area contributed by atoms with E-state index in [1.807, 2.05) is 0 Å². The molecule has 5 aromatic carbocycles. The topological polar surface area (TPSA) is 297 Å². The van der Waals surface area contributed by atoms with E-state index in [2.05, 4.69) is 21.3 Å². The normalized spacial score (nSPS) is 18.3. The highest BCUT2D eigenvalue weighted by Gasteiger charge is 2.53. The van der Waals surface area contributed by atoms with E-state index in [1.54, 1.807) is 155 Å². The molecule has 23 nitrogen and oxygen atoms in total. The van der Waals surface area contributed by atoms with Crippen molar-refractivity contribution in [2.45, 2.75) is 62.0 Å². The summed E-state index contributed by atoms with van der Waals surface area (Å²) >= 11 is 1.06. The summed E-state index contributed by atoms with van der Waals surface area (Å²) in [7, 11) is 1.17. The fraction of sp³-hybridized carbons (Fsp3) is 0.288. The van der Waals surface area contributed by atoms with Crippen molar-refractivity contribution in [3.63, 3.8) is 0 Å². The minimum atomic E-state index is -1.87. The van der Waals surface area contributed by atoms with Crippen LogP contribution in [0.3, 0.4) is 0 Å². The summed E-state index contributed by atoms with van der Waals surface area (Å²) in [6.07, 6.45) is -4.05. The molecule has 0 bridgehead atoms. The smallest absolute Gasteiger partial charge is 0.412 e. The van der Waals surface area contributed by atoms with Crippen LogP contribution in [0.1, 0.15) is 62.5 Å². The number of β-lactam (4-membered cyclic amide) rings is 1. The van der Waals surface area contributed by atoms with Crippen molar-refractivity contribution in [3.05, 3.63) is 173 Å². The minimum absolute atomic E-state index is 0.0112. The summed E-state index contributed by atoms with van der Waals surface area (Å²) in [6, 6.07) is 37.6. The quantitative estimate of drug-likeness (QED) is 0.0204. The van der Waals surface area contributed by atoms with Gasteiger partial charge in [0.15, 0.2) is 17.2 Å². The van der Waals surface area contributed by atoms with E-state index in [1.165, 1.54) is 24.1 Å². The molecular formula is C59H61N8O15S+. The van der Waals surface area contributed by atoms with Gasteiger partial charge in [0.1, 0.15) is 42.1 Å². The van der Waals surface area contributed by atoms with E-state index in [0.717, 1.165) is 11.8 Å². The number of hydrogen-bond donors (Lipinski definition) is 5. The van der Waals surface area contributed by atoms with Gasteiger partial charge in [-0.1, -0.05) is 121 Å². The zero-order valence-electron chi connectivity index (χ0n) is 45.9. The number of piperazine rings is 1. The molecule has 0 saturated carbocycles. The van der Waals surface area contributed by atoms with Gasteiger partial charge in [0.05, 0.1) is 38.5 Å². The van der Waals surface area contributed by atoms with Gasteiger partial charge < -0.3 is 40.1 Å². The Morgan fingerprint density at radius 2 is 1.35 bits per heavy atom. The van der Waals surface area contributed by atoms with E-state index in [4.69, 9.17) is 29.4 Å². The van der Waals surface area contributed by atoms with E-state index >= 15 is 0 Å². The molecule has 5 aromatic rings.